The number of pyridine rings is 1. The van der Waals surface area contributed by atoms with Crippen molar-refractivity contribution in [3.63, 3.8) is 0 Å². The fourth-order valence-electron chi connectivity index (χ4n) is 2.72. The minimum atomic E-state index is -0.344. The molecule has 0 aliphatic carbocycles. The highest BCUT2D eigenvalue weighted by molar-refractivity contribution is 5.76. The van der Waals surface area contributed by atoms with Crippen LogP contribution in [0.2, 0.25) is 0 Å². The molecule has 0 fully saturated rings. The van der Waals surface area contributed by atoms with E-state index < -0.39 is 0 Å². The zero-order chi connectivity index (χ0) is 21.2. The normalized spacial score (nSPS) is 10.6. The summed E-state index contributed by atoms with van der Waals surface area (Å²) in [6.45, 7) is 3.18. The molecule has 0 aliphatic heterocycles. The van der Waals surface area contributed by atoms with E-state index >= 15 is 0 Å². The van der Waals surface area contributed by atoms with Crippen LogP contribution in [-0.2, 0) is 17.8 Å². The van der Waals surface area contributed by atoms with Crippen LogP contribution in [0.25, 0.3) is 11.4 Å². The molecule has 2 N–H and O–H groups in total. The van der Waals surface area contributed by atoms with Gasteiger partial charge < -0.3 is 15.0 Å². The summed E-state index contributed by atoms with van der Waals surface area (Å²) in [5, 5.41) is 10.9. The summed E-state index contributed by atoms with van der Waals surface area (Å²) >= 11 is 0. The molecule has 0 bridgehead atoms. The molecule has 3 aromatic rings. The van der Waals surface area contributed by atoms with E-state index in [1.807, 2.05) is 36.4 Å². The van der Waals surface area contributed by atoms with E-state index in [1.54, 1.807) is 12.4 Å². The molecule has 8 heteroatoms. The Hall–Kier alpha value is -3.55. The highest BCUT2D eigenvalue weighted by Crippen LogP contribution is 2.18. The second kappa shape index (κ2) is 10.8. The van der Waals surface area contributed by atoms with Crippen molar-refractivity contribution in [2.75, 3.05) is 6.61 Å². The van der Waals surface area contributed by atoms with Gasteiger partial charge in [0.1, 0.15) is 11.4 Å². The van der Waals surface area contributed by atoms with Crippen molar-refractivity contribution in [3.05, 3.63) is 70.4 Å². The van der Waals surface area contributed by atoms with Crippen LogP contribution >= 0.6 is 0 Å². The number of rotatable bonds is 10. The number of benzene rings is 1. The molecule has 1 amide bonds. The van der Waals surface area contributed by atoms with Crippen molar-refractivity contribution < 1.29 is 9.53 Å². The van der Waals surface area contributed by atoms with Crippen molar-refractivity contribution >= 4 is 5.91 Å². The van der Waals surface area contributed by atoms with Crippen LogP contribution in [0.5, 0.6) is 5.75 Å². The van der Waals surface area contributed by atoms with E-state index in [0.29, 0.717) is 19.0 Å². The maximum absolute atomic E-state index is 12.3. The van der Waals surface area contributed by atoms with Crippen molar-refractivity contribution in [1.29, 1.82) is 0 Å². The van der Waals surface area contributed by atoms with Crippen LogP contribution in [0, 0.1) is 0 Å². The molecule has 0 radical (unpaired) electrons. The summed E-state index contributed by atoms with van der Waals surface area (Å²) in [5.74, 6) is 0.990. The Labute approximate surface area is 174 Å². The Morgan fingerprint density at radius 2 is 2.00 bits per heavy atom. The number of carbonyl (C=O) groups excluding carboxylic acids is 1. The van der Waals surface area contributed by atoms with Gasteiger partial charge >= 0.3 is 0 Å². The molecule has 0 unspecified atom stereocenters. The average Bonchev–Trinajstić information content (AvgIpc) is 2.78. The van der Waals surface area contributed by atoms with Crippen LogP contribution in [-0.4, -0.2) is 32.7 Å². The first-order valence-corrected chi connectivity index (χ1v) is 10.0. The lowest BCUT2D eigenvalue weighted by Crippen LogP contribution is -2.25. The Kier molecular flexibility index (Phi) is 7.65. The fourth-order valence-corrected chi connectivity index (χ4v) is 2.72. The SMILES string of the molecule is CCCCOc1ccc(-c2nnc(CCC(=O)NCc3cccnc3)c(=O)[nH]2)cc1. The molecule has 156 valence electrons. The van der Waals surface area contributed by atoms with E-state index in [0.717, 1.165) is 29.7 Å². The van der Waals surface area contributed by atoms with Crippen LogP contribution in [0.1, 0.15) is 37.4 Å². The number of carbonyl (C=O) groups is 1. The number of amides is 1. The summed E-state index contributed by atoms with van der Waals surface area (Å²) in [5.41, 5.74) is 1.54. The topological polar surface area (TPSA) is 110 Å². The van der Waals surface area contributed by atoms with Gasteiger partial charge in [0.25, 0.3) is 5.56 Å². The molecule has 8 nitrogen and oxygen atoms in total. The summed E-state index contributed by atoms with van der Waals surface area (Å²) in [4.78, 5) is 31.1. The smallest absolute Gasteiger partial charge is 0.273 e. The van der Waals surface area contributed by atoms with Gasteiger partial charge in [-0.1, -0.05) is 19.4 Å². The van der Waals surface area contributed by atoms with Crippen molar-refractivity contribution in [3.8, 4) is 17.1 Å². The van der Waals surface area contributed by atoms with Crippen molar-refractivity contribution in [1.82, 2.24) is 25.5 Å². The number of H-pyrrole nitrogens is 1. The van der Waals surface area contributed by atoms with E-state index in [1.165, 1.54) is 0 Å². The first-order chi connectivity index (χ1) is 14.7. The third kappa shape index (κ3) is 6.23. The molecule has 3 rings (SSSR count). The van der Waals surface area contributed by atoms with Gasteiger partial charge in [0.05, 0.1) is 6.61 Å². The molecule has 30 heavy (non-hydrogen) atoms. The third-order valence-corrected chi connectivity index (χ3v) is 4.46. The molecule has 2 aromatic heterocycles. The number of hydrogen-bond donors (Lipinski definition) is 2. The van der Waals surface area contributed by atoms with Gasteiger partial charge in [-0.25, -0.2) is 0 Å². The van der Waals surface area contributed by atoms with E-state index in [2.05, 4.69) is 32.4 Å². The predicted molar refractivity (Wildman–Crippen MR) is 113 cm³/mol. The number of aryl methyl sites for hydroxylation is 1. The first-order valence-electron chi connectivity index (χ1n) is 10.0. The first kappa shape index (κ1) is 21.2. The highest BCUT2D eigenvalue weighted by atomic mass is 16.5. The maximum Gasteiger partial charge on any atom is 0.273 e. The summed E-state index contributed by atoms with van der Waals surface area (Å²) in [6.07, 6.45) is 5.82. The Morgan fingerprint density at radius 3 is 2.70 bits per heavy atom. The quantitative estimate of drug-likeness (QED) is 0.500. The largest absolute Gasteiger partial charge is 0.494 e. The van der Waals surface area contributed by atoms with E-state index in [9.17, 15) is 9.59 Å². The van der Waals surface area contributed by atoms with Gasteiger partial charge in [0, 0.05) is 37.3 Å². The van der Waals surface area contributed by atoms with E-state index in [4.69, 9.17) is 4.74 Å². The monoisotopic (exact) mass is 407 g/mol. The minimum absolute atomic E-state index is 0.154. The van der Waals surface area contributed by atoms with Gasteiger partial charge in [-0.3, -0.25) is 14.6 Å². The standard InChI is InChI=1S/C22H25N5O3/c1-2-3-13-30-18-8-6-17(7-9-18)21-25-22(29)19(26-27-21)10-11-20(28)24-15-16-5-4-12-23-14-16/h4-9,12,14H,2-3,10-11,13,15H2,1H3,(H,24,28)(H,25,27,29). The molecule has 0 atom stereocenters. The van der Waals surface area contributed by atoms with Crippen LogP contribution in [0.4, 0.5) is 0 Å². The van der Waals surface area contributed by atoms with Crippen LogP contribution < -0.4 is 15.6 Å². The molecule has 0 spiro atoms. The van der Waals surface area contributed by atoms with Gasteiger partial charge in [0.2, 0.25) is 5.91 Å². The lowest BCUT2D eigenvalue weighted by atomic mass is 10.2. The molecule has 0 aliphatic rings. The minimum Gasteiger partial charge on any atom is -0.494 e. The Morgan fingerprint density at radius 1 is 1.17 bits per heavy atom. The zero-order valence-corrected chi connectivity index (χ0v) is 16.9. The number of nitrogens with one attached hydrogen (secondary N) is 2. The number of nitrogens with zero attached hydrogens (tertiary/aromatic N) is 3. The highest BCUT2D eigenvalue weighted by Gasteiger charge is 2.10. The number of unbranched alkanes of at least 4 members (excludes halogenated alkanes) is 1. The van der Waals surface area contributed by atoms with Crippen molar-refractivity contribution in [2.45, 2.75) is 39.2 Å². The Balaban J connectivity index is 1.53. The molecule has 0 saturated heterocycles. The Bertz CT molecular complexity index is 1000. The average molecular weight is 407 g/mol. The molecule has 2 heterocycles. The van der Waals surface area contributed by atoms with Crippen molar-refractivity contribution in [2.24, 2.45) is 0 Å². The lowest BCUT2D eigenvalue weighted by Gasteiger charge is -2.07. The second-order valence-electron chi connectivity index (χ2n) is 6.81. The molecular formula is C22H25N5O3. The lowest BCUT2D eigenvalue weighted by molar-refractivity contribution is -0.121. The zero-order valence-electron chi connectivity index (χ0n) is 16.9. The van der Waals surface area contributed by atoms with Gasteiger partial charge in [-0.05, 0) is 42.3 Å². The summed E-state index contributed by atoms with van der Waals surface area (Å²) in [6, 6.07) is 11.0. The number of aromatic amines is 1. The summed E-state index contributed by atoms with van der Waals surface area (Å²) in [7, 11) is 0. The van der Waals surface area contributed by atoms with Gasteiger partial charge in [-0.15, -0.1) is 10.2 Å². The maximum atomic E-state index is 12.3. The van der Waals surface area contributed by atoms with Crippen LogP contribution in [0.3, 0.4) is 0 Å². The number of hydrogen-bond acceptors (Lipinski definition) is 6. The van der Waals surface area contributed by atoms with Crippen LogP contribution in [0.15, 0.2) is 53.6 Å². The summed E-state index contributed by atoms with van der Waals surface area (Å²) < 4.78 is 5.63. The third-order valence-electron chi connectivity index (χ3n) is 4.46. The molecular weight excluding hydrogens is 382 g/mol. The number of ether oxygens (including phenoxy) is 1. The predicted octanol–water partition coefficient (Wildman–Crippen LogP) is 2.65. The fraction of sp³-hybridized carbons (Fsp3) is 0.318. The molecule has 0 saturated carbocycles. The van der Waals surface area contributed by atoms with Gasteiger partial charge in [-0.2, -0.15) is 0 Å². The van der Waals surface area contributed by atoms with Gasteiger partial charge in [0.15, 0.2) is 5.82 Å². The number of aromatic nitrogens is 4. The molecule has 1 aromatic carbocycles. The second-order valence-corrected chi connectivity index (χ2v) is 6.81. The van der Waals surface area contributed by atoms with E-state index in [-0.39, 0.29) is 30.0 Å².